The van der Waals surface area contributed by atoms with E-state index < -0.39 is 11.0 Å². The van der Waals surface area contributed by atoms with Gasteiger partial charge in [0.25, 0.3) is 0 Å². The van der Waals surface area contributed by atoms with Crippen molar-refractivity contribution in [3.63, 3.8) is 0 Å². The van der Waals surface area contributed by atoms with Crippen LogP contribution in [0.3, 0.4) is 0 Å². The fourth-order valence-electron chi connectivity index (χ4n) is 2.52. The zero-order chi connectivity index (χ0) is 17.3. The highest BCUT2D eigenvalue weighted by atomic mass is 16.6. The monoisotopic (exact) mass is 329 g/mol. The molecule has 0 saturated carbocycles. The smallest absolute Gasteiger partial charge is 0.315 e. The molecule has 24 heavy (non-hydrogen) atoms. The Bertz CT molecular complexity index is 873. The second kappa shape index (κ2) is 6.17. The molecular formula is C16H15N3O5. The second-order valence-corrected chi connectivity index (χ2v) is 5.07. The molecular weight excluding hydrogens is 314 g/mol. The minimum atomic E-state index is -1.17. The number of hydrogen-bond acceptors (Lipinski definition) is 6. The Labute approximate surface area is 136 Å². The van der Waals surface area contributed by atoms with Crippen LogP contribution in [0.25, 0.3) is 11.0 Å². The van der Waals surface area contributed by atoms with Gasteiger partial charge in [0.05, 0.1) is 30.2 Å². The van der Waals surface area contributed by atoms with Crippen LogP contribution in [0.15, 0.2) is 36.4 Å². The molecule has 1 heterocycles. The third-order valence-corrected chi connectivity index (χ3v) is 3.66. The number of para-hydroxylation sites is 2. The molecule has 0 amide bonds. The molecule has 1 unspecified atom stereocenters. The van der Waals surface area contributed by atoms with Gasteiger partial charge in [0, 0.05) is 6.07 Å². The molecule has 8 heteroatoms. The largest absolute Gasteiger partial charge is 0.493 e. The summed E-state index contributed by atoms with van der Waals surface area (Å²) in [4.78, 5) is 18.0. The Balaban J connectivity index is 2.10. The van der Waals surface area contributed by atoms with E-state index in [9.17, 15) is 15.2 Å². The molecule has 124 valence electrons. The first-order valence-electron chi connectivity index (χ1n) is 7.08. The summed E-state index contributed by atoms with van der Waals surface area (Å²) in [6.45, 7) is 0. The van der Waals surface area contributed by atoms with E-state index in [1.165, 1.54) is 26.4 Å². The summed E-state index contributed by atoms with van der Waals surface area (Å²) in [6.07, 6.45) is -1.17. The van der Waals surface area contributed by atoms with Gasteiger partial charge in [0.15, 0.2) is 5.75 Å². The number of aromatic amines is 1. The molecule has 2 aromatic carbocycles. The number of fused-ring (bicyclic) bond motifs is 1. The summed E-state index contributed by atoms with van der Waals surface area (Å²) in [6, 6.07) is 10.1. The van der Waals surface area contributed by atoms with Crippen molar-refractivity contribution in [2.45, 2.75) is 6.10 Å². The maximum absolute atomic E-state index is 11.3. The summed E-state index contributed by atoms with van der Waals surface area (Å²) in [7, 11) is 2.69. The van der Waals surface area contributed by atoms with Crippen LogP contribution in [0.5, 0.6) is 11.5 Å². The molecule has 1 aromatic heterocycles. The lowest BCUT2D eigenvalue weighted by Crippen LogP contribution is -2.05. The van der Waals surface area contributed by atoms with E-state index in [-0.39, 0.29) is 28.6 Å². The number of aliphatic hydroxyl groups is 1. The number of methoxy groups -OCH3 is 2. The minimum absolute atomic E-state index is 0.00283. The quantitative estimate of drug-likeness (QED) is 0.550. The molecule has 8 nitrogen and oxygen atoms in total. The molecule has 0 spiro atoms. The van der Waals surface area contributed by atoms with Crippen molar-refractivity contribution >= 4 is 16.7 Å². The third-order valence-electron chi connectivity index (χ3n) is 3.66. The average Bonchev–Trinajstić information content (AvgIpc) is 3.03. The normalized spacial score (nSPS) is 12.1. The summed E-state index contributed by atoms with van der Waals surface area (Å²) in [5.74, 6) is 0.456. The summed E-state index contributed by atoms with van der Waals surface area (Å²) >= 11 is 0. The molecule has 0 fully saturated rings. The van der Waals surface area contributed by atoms with Crippen molar-refractivity contribution in [3.05, 3.63) is 57.9 Å². The van der Waals surface area contributed by atoms with Crippen molar-refractivity contribution in [2.24, 2.45) is 0 Å². The SMILES string of the molecule is COc1cc(C(O)c2nc3ccccc3[nH]2)cc([N+](=O)[O-])c1OC. The number of hydrogen-bond donors (Lipinski definition) is 2. The van der Waals surface area contributed by atoms with Crippen molar-refractivity contribution in [3.8, 4) is 11.5 Å². The lowest BCUT2D eigenvalue weighted by atomic mass is 10.1. The molecule has 0 aliphatic carbocycles. The molecule has 0 bridgehead atoms. The van der Waals surface area contributed by atoms with Gasteiger partial charge in [0.2, 0.25) is 5.75 Å². The van der Waals surface area contributed by atoms with Gasteiger partial charge in [-0.2, -0.15) is 0 Å². The highest BCUT2D eigenvalue weighted by molar-refractivity contribution is 5.75. The number of nitrogens with one attached hydrogen (secondary N) is 1. The van der Waals surface area contributed by atoms with Gasteiger partial charge in [-0.25, -0.2) is 4.98 Å². The number of nitro groups is 1. The first-order chi connectivity index (χ1) is 11.5. The van der Waals surface area contributed by atoms with Crippen molar-refractivity contribution in [1.82, 2.24) is 9.97 Å². The fraction of sp³-hybridized carbons (Fsp3) is 0.188. The van der Waals surface area contributed by atoms with E-state index in [4.69, 9.17) is 9.47 Å². The van der Waals surface area contributed by atoms with Gasteiger partial charge < -0.3 is 19.6 Å². The number of imidazole rings is 1. The second-order valence-electron chi connectivity index (χ2n) is 5.07. The predicted octanol–water partition coefficient (Wildman–Crippen LogP) is 2.57. The van der Waals surface area contributed by atoms with Crippen LogP contribution in [0, 0.1) is 10.1 Å². The molecule has 2 N–H and O–H groups in total. The van der Waals surface area contributed by atoms with E-state index in [1.54, 1.807) is 6.07 Å². The zero-order valence-corrected chi connectivity index (χ0v) is 13.0. The number of rotatable bonds is 5. The van der Waals surface area contributed by atoms with Crippen LogP contribution in [-0.2, 0) is 0 Å². The Morgan fingerprint density at radius 3 is 2.62 bits per heavy atom. The number of H-pyrrole nitrogens is 1. The molecule has 3 aromatic rings. The van der Waals surface area contributed by atoms with Crippen molar-refractivity contribution < 1.29 is 19.5 Å². The first-order valence-corrected chi connectivity index (χ1v) is 7.08. The molecule has 0 saturated heterocycles. The van der Waals surface area contributed by atoms with Gasteiger partial charge in [0.1, 0.15) is 11.9 Å². The van der Waals surface area contributed by atoms with Gasteiger partial charge >= 0.3 is 5.69 Å². The van der Waals surface area contributed by atoms with Crippen LogP contribution in [-0.4, -0.2) is 34.2 Å². The highest BCUT2D eigenvalue weighted by Gasteiger charge is 2.25. The Hall–Kier alpha value is -3.13. The predicted molar refractivity (Wildman–Crippen MR) is 86.4 cm³/mol. The first kappa shape index (κ1) is 15.8. The fourth-order valence-corrected chi connectivity index (χ4v) is 2.52. The van der Waals surface area contributed by atoms with E-state index in [0.29, 0.717) is 5.52 Å². The number of benzene rings is 2. The van der Waals surface area contributed by atoms with E-state index >= 15 is 0 Å². The Morgan fingerprint density at radius 1 is 1.25 bits per heavy atom. The number of nitrogens with zero attached hydrogens (tertiary/aromatic N) is 2. The van der Waals surface area contributed by atoms with Crippen LogP contribution in [0.2, 0.25) is 0 Å². The number of nitro benzene ring substituents is 1. The molecule has 0 aliphatic rings. The molecule has 3 rings (SSSR count). The number of ether oxygens (including phenoxy) is 2. The maximum atomic E-state index is 11.3. The maximum Gasteiger partial charge on any atom is 0.315 e. The summed E-state index contributed by atoms with van der Waals surface area (Å²) in [5.41, 5.74) is 1.45. The van der Waals surface area contributed by atoms with E-state index in [0.717, 1.165) is 5.52 Å². The minimum Gasteiger partial charge on any atom is -0.493 e. The Morgan fingerprint density at radius 2 is 2.00 bits per heavy atom. The standard InChI is InChI=1S/C16H15N3O5/c1-23-13-8-9(7-12(19(21)22)15(13)24-2)14(20)16-17-10-5-3-4-6-11(10)18-16/h3-8,14,20H,1-2H3,(H,17,18). The van der Waals surface area contributed by atoms with Gasteiger partial charge in [-0.3, -0.25) is 10.1 Å². The third kappa shape index (κ3) is 2.63. The molecule has 0 radical (unpaired) electrons. The van der Waals surface area contributed by atoms with Gasteiger partial charge in [-0.15, -0.1) is 0 Å². The molecule has 0 aliphatic heterocycles. The average molecular weight is 329 g/mol. The van der Waals surface area contributed by atoms with Crippen molar-refractivity contribution in [2.75, 3.05) is 14.2 Å². The molecule has 1 atom stereocenters. The van der Waals surface area contributed by atoms with Crippen LogP contribution in [0.1, 0.15) is 17.5 Å². The number of aliphatic hydroxyl groups excluding tert-OH is 1. The lowest BCUT2D eigenvalue weighted by molar-refractivity contribution is -0.385. The van der Waals surface area contributed by atoms with Crippen LogP contribution < -0.4 is 9.47 Å². The van der Waals surface area contributed by atoms with Crippen LogP contribution in [0.4, 0.5) is 5.69 Å². The van der Waals surface area contributed by atoms with E-state index in [1.807, 2.05) is 18.2 Å². The summed E-state index contributed by atoms with van der Waals surface area (Å²) in [5, 5.41) is 21.8. The number of aromatic nitrogens is 2. The van der Waals surface area contributed by atoms with Gasteiger partial charge in [-0.1, -0.05) is 12.1 Å². The topological polar surface area (TPSA) is 111 Å². The zero-order valence-electron chi connectivity index (χ0n) is 13.0. The highest BCUT2D eigenvalue weighted by Crippen LogP contribution is 2.40. The summed E-state index contributed by atoms with van der Waals surface area (Å²) < 4.78 is 10.2. The van der Waals surface area contributed by atoms with Gasteiger partial charge in [-0.05, 0) is 23.8 Å². The Kier molecular flexibility index (Phi) is 4.05. The van der Waals surface area contributed by atoms with E-state index in [2.05, 4.69) is 9.97 Å². The van der Waals surface area contributed by atoms with Crippen LogP contribution >= 0.6 is 0 Å². The lowest BCUT2D eigenvalue weighted by Gasteiger charge is -2.13. The van der Waals surface area contributed by atoms with Crippen molar-refractivity contribution in [1.29, 1.82) is 0 Å².